The lowest BCUT2D eigenvalue weighted by Gasteiger charge is -2.21. The minimum absolute atomic E-state index is 0.298. The van der Waals surface area contributed by atoms with Crippen molar-refractivity contribution in [1.29, 1.82) is 0 Å². The molecule has 148 valence electrons. The van der Waals surface area contributed by atoms with Gasteiger partial charge in [0.2, 0.25) is 0 Å². The van der Waals surface area contributed by atoms with Gasteiger partial charge in [-0.05, 0) is 26.2 Å². The van der Waals surface area contributed by atoms with Crippen molar-refractivity contribution in [2.24, 2.45) is 11.8 Å². The Kier molecular flexibility index (Phi) is 15.7. The average molecular weight is 357 g/mol. The summed E-state index contributed by atoms with van der Waals surface area (Å²) in [4.78, 5) is 24.4. The summed E-state index contributed by atoms with van der Waals surface area (Å²) in [6.45, 7) is 8.55. The zero-order valence-electron chi connectivity index (χ0n) is 17.0. The van der Waals surface area contributed by atoms with Crippen molar-refractivity contribution in [2.45, 2.75) is 98.3 Å². The van der Waals surface area contributed by atoms with E-state index in [1.807, 2.05) is 0 Å². The van der Waals surface area contributed by atoms with Crippen LogP contribution in [0.15, 0.2) is 0 Å². The van der Waals surface area contributed by atoms with Crippen molar-refractivity contribution in [3.05, 3.63) is 0 Å². The fraction of sp³-hybridized carbons (Fsp3) is 0.905. The monoisotopic (exact) mass is 356 g/mol. The normalized spacial score (nSPS) is 11.1. The quantitative estimate of drug-likeness (QED) is 0.203. The van der Waals surface area contributed by atoms with Crippen LogP contribution in [0.25, 0.3) is 0 Å². The smallest absolute Gasteiger partial charge is 0.320 e. The Morgan fingerprint density at radius 3 is 1.48 bits per heavy atom. The van der Waals surface area contributed by atoms with Gasteiger partial charge in [0.1, 0.15) is 0 Å². The predicted molar refractivity (Wildman–Crippen MR) is 102 cm³/mol. The highest BCUT2D eigenvalue weighted by Crippen LogP contribution is 2.26. The lowest BCUT2D eigenvalue weighted by atomic mass is 9.86. The molecule has 0 saturated heterocycles. The molecule has 4 heteroatoms. The van der Waals surface area contributed by atoms with E-state index in [4.69, 9.17) is 9.47 Å². The lowest BCUT2D eigenvalue weighted by Crippen LogP contribution is -2.30. The van der Waals surface area contributed by atoms with Crippen molar-refractivity contribution in [2.75, 3.05) is 13.2 Å². The number of hydrogen-bond donors (Lipinski definition) is 0. The first-order valence-electron chi connectivity index (χ1n) is 10.4. The summed E-state index contributed by atoms with van der Waals surface area (Å²) in [6.07, 6.45) is 12.5. The number of rotatable bonds is 16. The Hall–Kier alpha value is -1.06. The van der Waals surface area contributed by atoms with Crippen LogP contribution in [0.1, 0.15) is 98.3 Å². The minimum Gasteiger partial charge on any atom is -0.465 e. The molecule has 0 saturated carbocycles. The van der Waals surface area contributed by atoms with Crippen molar-refractivity contribution in [3.63, 3.8) is 0 Å². The first-order chi connectivity index (χ1) is 12.1. The van der Waals surface area contributed by atoms with Gasteiger partial charge in [-0.2, -0.15) is 0 Å². The maximum absolute atomic E-state index is 12.2. The largest absolute Gasteiger partial charge is 0.465 e. The molecule has 0 N–H and O–H groups in total. The number of carbonyl (C=O) groups excluding carboxylic acids is 2. The standard InChI is InChI=1S/C21H40O4/c1-5-9-11-13-15-18(16-14-12-10-6-2)17-19(20(22)24-7-3)21(23)25-8-4/h18-19H,5-17H2,1-4H3. The summed E-state index contributed by atoms with van der Waals surface area (Å²) in [5, 5.41) is 0. The van der Waals surface area contributed by atoms with Gasteiger partial charge in [0.05, 0.1) is 13.2 Å². The summed E-state index contributed by atoms with van der Waals surface area (Å²) in [6, 6.07) is 0. The van der Waals surface area contributed by atoms with Crippen LogP contribution in [0.3, 0.4) is 0 Å². The maximum Gasteiger partial charge on any atom is 0.320 e. The van der Waals surface area contributed by atoms with E-state index in [9.17, 15) is 9.59 Å². The van der Waals surface area contributed by atoms with Gasteiger partial charge in [0.25, 0.3) is 0 Å². The van der Waals surface area contributed by atoms with E-state index < -0.39 is 17.9 Å². The molecule has 0 unspecified atom stereocenters. The fourth-order valence-corrected chi connectivity index (χ4v) is 3.21. The molecule has 0 aliphatic heterocycles. The molecular weight excluding hydrogens is 316 g/mol. The molecular formula is C21H40O4. The molecule has 0 fully saturated rings. The molecule has 0 heterocycles. The number of hydrogen-bond acceptors (Lipinski definition) is 4. The predicted octanol–water partition coefficient (Wildman–Crippen LogP) is 5.68. The highest BCUT2D eigenvalue weighted by molar-refractivity contribution is 5.94. The highest BCUT2D eigenvalue weighted by Gasteiger charge is 2.31. The third-order valence-electron chi connectivity index (χ3n) is 4.64. The van der Waals surface area contributed by atoms with Crippen molar-refractivity contribution >= 4 is 11.9 Å². The molecule has 0 rings (SSSR count). The van der Waals surface area contributed by atoms with E-state index in [1.54, 1.807) is 13.8 Å². The SMILES string of the molecule is CCCCCCC(CCCCCC)CC(C(=O)OCC)C(=O)OCC. The van der Waals surface area contributed by atoms with Gasteiger partial charge >= 0.3 is 11.9 Å². The second-order valence-corrected chi connectivity index (χ2v) is 6.86. The molecule has 25 heavy (non-hydrogen) atoms. The van der Waals surface area contributed by atoms with Crippen LogP contribution < -0.4 is 0 Å². The highest BCUT2D eigenvalue weighted by atomic mass is 16.6. The fourth-order valence-electron chi connectivity index (χ4n) is 3.21. The van der Waals surface area contributed by atoms with E-state index in [-0.39, 0.29) is 0 Å². The second-order valence-electron chi connectivity index (χ2n) is 6.86. The van der Waals surface area contributed by atoms with E-state index in [0.717, 1.165) is 12.8 Å². The number of unbranched alkanes of at least 4 members (excludes halogenated alkanes) is 6. The van der Waals surface area contributed by atoms with Crippen LogP contribution in [0, 0.1) is 11.8 Å². The number of ether oxygens (including phenoxy) is 2. The van der Waals surface area contributed by atoms with Gasteiger partial charge < -0.3 is 9.47 Å². The van der Waals surface area contributed by atoms with E-state index >= 15 is 0 Å². The van der Waals surface area contributed by atoms with Crippen LogP contribution >= 0.6 is 0 Å². The maximum atomic E-state index is 12.2. The zero-order valence-corrected chi connectivity index (χ0v) is 17.0. The molecule has 0 aromatic heterocycles. The van der Waals surface area contributed by atoms with Crippen LogP contribution in [-0.2, 0) is 19.1 Å². The summed E-state index contributed by atoms with van der Waals surface area (Å²) >= 11 is 0. The van der Waals surface area contributed by atoms with Crippen molar-refractivity contribution in [3.8, 4) is 0 Å². The summed E-state index contributed by atoms with van der Waals surface area (Å²) in [5.74, 6) is -1.21. The Balaban J connectivity index is 4.75. The van der Waals surface area contributed by atoms with Gasteiger partial charge in [-0.1, -0.05) is 78.1 Å². The van der Waals surface area contributed by atoms with Crippen LogP contribution in [0.2, 0.25) is 0 Å². The Bertz CT molecular complexity index is 311. The van der Waals surface area contributed by atoms with Crippen molar-refractivity contribution < 1.29 is 19.1 Å². The van der Waals surface area contributed by atoms with Crippen LogP contribution in [-0.4, -0.2) is 25.2 Å². The molecule has 0 aromatic carbocycles. The zero-order chi connectivity index (χ0) is 18.9. The summed E-state index contributed by atoms with van der Waals surface area (Å²) in [5.41, 5.74) is 0. The molecule has 0 radical (unpaired) electrons. The van der Waals surface area contributed by atoms with Gasteiger partial charge in [-0.3, -0.25) is 9.59 Å². The topological polar surface area (TPSA) is 52.6 Å². The molecule has 0 aliphatic carbocycles. The Morgan fingerprint density at radius 1 is 0.680 bits per heavy atom. The average Bonchev–Trinajstić information content (AvgIpc) is 2.59. The molecule has 0 spiro atoms. The van der Waals surface area contributed by atoms with Crippen LogP contribution in [0.5, 0.6) is 0 Å². The number of esters is 2. The third kappa shape index (κ3) is 12.0. The van der Waals surface area contributed by atoms with Gasteiger partial charge in [-0.15, -0.1) is 0 Å². The minimum atomic E-state index is -0.762. The Morgan fingerprint density at radius 2 is 1.12 bits per heavy atom. The molecule has 0 aromatic rings. The van der Waals surface area contributed by atoms with E-state index in [1.165, 1.54) is 51.4 Å². The Labute approximate surface area is 155 Å². The molecule has 0 atom stereocenters. The van der Waals surface area contributed by atoms with Crippen LogP contribution in [0.4, 0.5) is 0 Å². The third-order valence-corrected chi connectivity index (χ3v) is 4.64. The van der Waals surface area contributed by atoms with Gasteiger partial charge in [0, 0.05) is 0 Å². The van der Waals surface area contributed by atoms with Gasteiger partial charge in [-0.25, -0.2) is 0 Å². The number of carbonyl (C=O) groups is 2. The van der Waals surface area contributed by atoms with Gasteiger partial charge in [0.15, 0.2) is 5.92 Å². The van der Waals surface area contributed by atoms with E-state index in [0.29, 0.717) is 25.6 Å². The second kappa shape index (κ2) is 16.4. The lowest BCUT2D eigenvalue weighted by molar-refractivity contribution is -0.162. The summed E-state index contributed by atoms with van der Waals surface area (Å²) < 4.78 is 10.2. The molecule has 4 nitrogen and oxygen atoms in total. The van der Waals surface area contributed by atoms with Crippen molar-refractivity contribution in [1.82, 2.24) is 0 Å². The summed E-state index contributed by atoms with van der Waals surface area (Å²) in [7, 11) is 0. The molecule has 0 amide bonds. The molecule has 0 aliphatic rings. The first-order valence-corrected chi connectivity index (χ1v) is 10.4. The molecule has 0 bridgehead atoms. The van der Waals surface area contributed by atoms with E-state index in [2.05, 4.69) is 13.8 Å². The first kappa shape index (κ1) is 23.9.